The smallest absolute Gasteiger partial charge is 0.300 e. The number of amides is 2. The van der Waals surface area contributed by atoms with E-state index in [9.17, 15) is 19.5 Å². The second kappa shape index (κ2) is 9.76. The first-order valence-electron chi connectivity index (χ1n) is 10.8. The standard InChI is InChI=1S/C27H23BrN2O5/c1-15-13-18(9-12-22(15)28)25(32)23-24(17-7-10-21(35-3)11-8-17)30(27(34)26(23)33)20-6-4-5-19(14-20)29-16(2)31/h4-14,24,32H,1-3H3,(H,29,31)/b25-23+. The van der Waals surface area contributed by atoms with Crippen LogP contribution in [0.1, 0.15) is 29.7 Å². The molecule has 1 aliphatic rings. The van der Waals surface area contributed by atoms with Crippen molar-refractivity contribution in [3.8, 4) is 5.75 Å². The molecule has 1 saturated heterocycles. The van der Waals surface area contributed by atoms with Crippen LogP contribution in [0.5, 0.6) is 5.75 Å². The maximum absolute atomic E-state index is 13.3. The number of nitrogens with one attached hydrogen (secondary N) is 1. The summed E-state index contributed by atoms with van der Waals surface area (Å²) in [5, 5.41) is 14.0. The minimum atomic E-state index is -0.891. The predicted molar refractivity (Wildman–Crippen MR) is 137 cm³/mol. The van der Waals surface area contributed by atoms with E-state index >= 15 is 0 Å². The summed E-state index contributed by atoms with van der Waals surface area (Å²) in [7, 11) is 1.55. The van der Waals surface area contributed by atoms with Gasteiger partial charge in [0.1, 0.15) is 11.5 Å². The van der Waals surface area contributed by atoms with E-state index in [1.807, 2.05) is 6.92 Å². The molecule has 3 aromatic rings. The Morgan fingerprint density at radius 2 is 1.77 bits per heavy atom. The number of aliphatic hydroxyl groups excluding tert-OH is 1. The number of nitrogens with zero attached hydrogens (tertiary/aromatic N) is 1. The van der Waals surface area contributed by atoms with Gasteiger partial charge in [0.05, 0.1) is 18.7 Å². The van der Waals surface area contributed by atoms with Crippen LogP contribution in [0.25, 0.3) is 5.76 Å². The number of ether oxygens (including phenoxy) is 1. The lowest BCUT2D eigenvalue weighted by Crippen LogP contribution is -2.29. The number of hydrogen-bond acceptors (Lipinski definition) is 5. The summed E-state index contributed by atoms with van der Waals surface area (Å²) in [5.74, 6) is -1.49. The number of carbonyl (C=O) groups excluding carboxylic acids is 3. The van der Waals surface area contributed by atoms with Crippen molar-refractivity contribution in [2.24, 2.45) is 0 Å². The van der Waals surface area contributed by atoms with Crippen molar-refractivity contribution < 1.29 is 24.2 Å². The summed E-state index contributed by atoms with van der Waals surface area (Å²) < 4.78 is 6.11. The highest BCUT2D eigenvalue weighted by Gasteiger charge is 2.47. The number of anilines is 2. The van der Waals surface area contributed by atoms with E-state index < -0.39 is 17.7 Å². The fourth-order valence-corrected chi connectivity index (χ4v) is 4.33. The van der Waals surface area contributed by atoms with Gasteiger partial charge in [-0.25, -0.2) is 0 Å². The predicted octanol–water partition coefficient (Wildman–Crippen LogP) is 5.35. The van der Waals surface area contributed by atoms with Crippen LogP contribution in [0.15, 0.2) is 76.8 Å². The topological polar surface area (TPSA) is 95.9 Å². The normalized spacial score (nSPS) is 16.9. The van der Waals surface area contributed by atoms with Gasteiger partial charge in [-0.05, 0) is 60.5 Å². The molecule has 4 rings (SSSR count). The lowest BCUT2D eigenvalue weighted by Gasteiger charge is -2.26. The highest BCUT2D eigenvalue weighted by atomic mass is 79.9. The van der Waals surface area contributed by atoms with Crippen LogP contribution < -0.4 is 15.0 Å². The number of carbonyl (C=O) groups is 3. The first-order chi connectivity index (χ1) is 16.7. The minimum absolute atomic E-state index is 0.0215. The Kier molecular flexibility index (Phi) is 6.75. The van der Waals surface area contributed by atoms with Crippen molar-refractivity contribution in [2.75, 3.05) is 17.3 Å². The molecule has 2 amide bonds. The van der Waals surface area contributed by atoms with Gasteiger partial charge < -0.3 is 15.2 Å². The highest BCUT2D eigenvalue weighted by Crippen LogP contribution is 2.43. The minimum Gasteiger partial charge on any atom is -0.507 e. The van der Waals surface area contributed by atoms with E-state index in [1.54, 1.807) is 73.8 Å². The largest absolute Gasteiger partial charge is 0.507 e. The summed E-state index contributed by atoms with van der Waals surface area (Å²) in [6.07, 6.45) is 0. The van der Waals surface area contributed by atoms with Gasteiger partial charge in [-0.2, -0.15) is 0 Å². The zero-order valence-corrected chi connectivity index (χ0v) is 20.9. The number of ketones is 1. The molecular formula is C27H23BrN2O5. The van der Waals surface area contributed by atoms with Gasteiger partial charge in [-0.1, -0.05) is 40.2 Å². The third-order valence-electron chi connectivity index (χ3n) is 5.75. The summed E-state index contributed by atoms with van der Waals surface area (Å²) in [6.45, 7) is 3.25. The SMILES string of the molecule is COc1ccc(C2/C(=C(\O)c3ccc(Br)c(C)c3)C(=O)C(=O)N2c2cccc(NC(C)=O)c2)cc1. The van der Waals surface area contributed by atoms with Crippen LogP contribution in [-0.4, -0.2) is 29.8 Å². The van der Waals surface area contributed by atoms with Gasteiger partial charge in [0.25, 0.3) is 11.7 Å². The molecule has 1 aliphatic heterocycles. The van der Waals surface area contributed by atoms with Gasteiger partial charge in [0.15, 0.2) is 0 Å². The van der Waals surface area contributed by atoms with E-state index in [2.05, 4.69) is 21.2 Å². The molecule has 35 heavy (non-hydrogen) atoms. The molecule has 0 bridgehead atoms. The van der Waals surface area contributed by atoms with Crippen LogP contribution in [0, 0.1) is 6.92 Å². The second-order valence-corrected chi connectivity index (χ2v) is 8.99. The molecular weight excluding hydrogens is 512 g/mol. The number of aliphatic hydroxyl groups is 1. The quantitative estimate of drug-likeness (QED) is 0.261. The molecule has 178 valence electrons. The summed E-state index contributed by atoms with van der Waals surface area (Å²) in [6, 6.07) is 17.9. The summed E-state index contributed by atoms with van der Waals surface area (Å²) in [5.41, 5.74) is 2.78. The molecule has 1 unspecified atom stereocenters. The zero-order valence-electron chi connectivity index (χ0n) is 19.3. The van der Waals surface area contributed by atoms with Crippen LogP contribution in [0.3, 0.4) is 0 Å². The maximum Gasteiger partial charge on any atom is 0.300 e. The molecule has 1 fully saturated rings. The Morgan fingerprint density at radius 1 is 1.06 bits per heavy atom. The number of Topliss-reactive ketones (excluding diaryl/α,β-unsaturated/α-hetero) is 1. The maximum atomic E-state index is 13.3. The van der Waals surface area contributed by atoms with E-state index in [0.717, 1.165) is 10.0 Å². The van der Waals surface area contributed by atoms with Gasteiger partial charge in [-0.15, -0.1) is 0 Å². The molecule has 0 aliphatic carbocycles. The van der Waals surface area contributed by atoms with Crippen LogP contribution >= 0.6 is 15.9 Å². The Bertz CT molecular complexity index is 1360. The number of hydrogen-bond donors (Lipinski definition) is 2. The summed E-state index contributed by atoms with van der Waals surface area (Å²) >= 11 is 3.44. The highest BCUT2D eigenvalue weighted by molar-refractivity contribution is 9.10. The molecule has 2 N–H and O–H groups in total. The Labute approximate surface area is 211 Å². The molecule has 1 atom stereocenters. The molecule has 0 aromatic heterocycles. The summed E-state index contributed by atoms with van der Waals surface area (Å²) in [4.78, 5) is 39.5. The Balaban J connectivity index is 1.92. The van der Waals surface area contributed by atoms with Crippen LogP contribution in [-0.2, 0) is 14.4 Å². The van der Waals surface area contributed by atoms with Crippen molar-refractivity contribution in [2.45, 2.75) is 19.9 Å². The van der Waals surface area contributed by atoms with Gasteiger partial charge in [0, 0.05) is 28.3 Å². The van der Waals surface area contributed by atoms with Gasteiger partial charge in [0.2, 0.25) is 5.91 Å². The molecule has 1 heterocycles. The first-order valence-corrected chi connectivity index (χ1v) is 11.6. The van der Waals surface area contributed by atoms with Crippen molar-refractivity contribution >= 4 is 50.7 Å². The lowest BCUT2D eigenvalue weighted by atomic mass is 9.94. The fraction of sp³-hybridized carbons (Fsp3) is 0.148. The number of aryl methyl sites for hydroxylation is 1. The average Bonchev–Trinajstić information content (AvgIpc) is 3.10. The van der Waals surface area contributed by atoms with Gasteiger partial charge >= 0.3 is 0 Å². The molecule has 0 saturated carbocycles. The Hall–Kier alpha value is -3.91. The average molecular weight is 535 g/mol. The third-order valence-corrected chi connectivity index (χ3v) is 6.64. The number of methoxy groups -OCH3 is 1. The van der Waals surface area contributed by atoms with Crippen molar-refractivity contribution in [1.29, 1.82) is 0 Å². The van der Waals surface area contributed by atoms with Crippen molar-refractivity contribution in [1.82, 2.24) is 0 Å². The third kappa shape index (κ3) is 4.70. The van der Waals surface area contributed by atoms with Crippen LogP contribution in [0.4, 0.5) is 11.4 Å². The first kappa shape index (κ1) is 24.2. The fourth-order valence-electron chi connectivity index (χ4n) is 4.08. The zero-order chi connectivity index (χ0) is 25.3. The van der Waals surface area contributed by atoms with E-state index in [1.165, 1.54) is 11.8 Å². The molecule has 7 nitrogen and oxygen atoms in total. The van der Waals surface area contributed by atoms with Crippen LogP contribution in [0.2, 0.25) is 0 Å². The lowest BCUT2D eigenvalue weighted by molar-refractivity contribution is -0.132. The van der Waals surface area contributed by atoms with E-state index in [4.69, 9.17) is 4.74 Å². The van der Waals surface area contributed by atoms with E-state index in [-0.39, 0.29) is 17.2 Å². The molecule has 8 heteroatoms. The number of halogens is 1. The van der Waals surface area contributed by atoms with Crippen molar-refractivity contribution in [3.63, 3.8) is 0 Å². The van der Waals surface area contributed by atoms with Crippen molar-refractivity contribution in [3.05, 3.63) is 93.5 Å². The van der Waals surface area contributed by atoms with Gasteiger partial charge in [-0.3, -0.25) is 19.3 Å². The monoisotopic (exact) mass is 534 g/mol. The molecule has 3 aromatic carbocycles. The number of rotatable bonds is 5. The second-order valence-electron chi connectivity index (χ2n) is 8.14. The number of benzene rings is 3. The van der Waals surface area contributed by atoms with E-state index in [0.29, 0.717) is 28.3 Å². The molecule has 0 radical (unpaired) electrons. The molecule has 0 spiro atoms. The Morgan fingerprint density at radius 3 is 2.40 bits per heavy atom.